The lowest BCUT2D eigenvalue weighted by atomic mass is 10.2. The molecular formula is C20H16N2O5. The number of carbonyl (C=O) groups is 2. The van der Waals surface area contributed by atoms with Gasteiger partial charge in [0.15, 0.2) is 12.4 Å². The molecule has 7 nitrogen and oxygen atoms in total. The number of anilines is 2. The van der Waals surface area contributed by atoms with Crippen LogP contribution in [0, 0.1) is 0 Å². The van der Waals surface area contributed by atoms with Gasteiger partial charge in [0.05, 0.1) is 12.0 Å². The number of nitrogens with one attached hydrogen (secondary N) is 2. The van der Waals surface area contributed by atoms with E-state index < -0.39 is 5.91 Å². The number of carbonyl (C=O) groups excluding carboxylic acids is 2. The minimum Gasteiger partial charge on any atom is -0.489 e. The van der Waals surface area contributed by atoms with Crippen molar-refractivity contribution in [1.82, 2.24) is 0 Å². The topological polar surface area (TPSA) is 89.8 Å². The van der Waals surface area contributed by atoms with Gasteiger partial charge in [-0.1, -0.05) is 18.2 Å². The molecule has 0 atom stereocenters. The van der Waals surface area contributed by atoms with E-state index in [9.17, 15) is 9.59 Å². The molecule has 7 heteroatoms. The molecule has 0 aliphatic carbocycles. The lowest BCUT2D eigenvalue weighted by molar-refractivity contribution is -0.118. The van der Waals surface area contributed by atoms with Gasteiger partial charge in [0.2, 0.25) is 0 Å². The fraction of sp³-hybridized carbons (Fsp3) is 0.100. The predicted octanol–water partition coefficient (Wildman–Crippen LogP) is 3.44. The zero-order valence-electron chi connectivity index (χ0n) is 14.2. The molecule has 4 rings (SSSR count). The maximum Gasteiger partial charge on any atom is 0.291 e. The van der Waals surface area contributed by atoms with E-state index >= 15 is 0 Å². The summed E-state index contributed by atoms with van der Waals surface area (Å²) in [4.78, 5) is 24.0. The summed E-state index contributed by atoms with van der Waals surface area (Å²) < 4.78 is 16.3. The lowest BCUT2D eigenvalue weighted by Gasteiger charge is -2.18. The Labute approximate surface area is 154 Å². The molecule has 0 bridgehead atoms. The van der Waals surface area contributed by atoms with Gasteiger partial charge in [-0.3, -0.25) is 9.59 Å². The molecule has 2 aromatic carbocycles. The van der Waals surface area contributed by atoms with Crippen LogP contribution in [0.3, 0.4) is 0 Å². The van der Waals surface area contributed by atoms with Crippen molar-refractivity contribution in [1.29, 1.82) is 0 Å². The lowest BCUT2D eigenvalue weighted by Crippen LogP contribution is -2.25. The Morgan fingerprint density at radius 1 is 1.15 bits per heavy atom. The average molecular weight is 364 g/mol. The normalized spacial score (nSPS) is 12.5. The van der Waals surface area contributed by atoms with Crippen LogP contribution in [0.5, 0.6) is 11.5 Å². The van der Waals surface area contributed by atoms with E-state index in [2.05, 4.69) is 10.6 Å². The molecule has 0 radical (unpaired) electrons. The highest BCUT2D eigenvalue weighted by molar-refractivity contribution is 6.04. The molecule has 1 aromatic heterocycles. The summed E-state index contributed by atoms with van der Waals surface area (Å²) in [6.07, 6.45) is 1.44. The van der Waals surface area contributed by atoms with Gasteiger partial charge in [-0.05, 0) is 36.4 Å². The largest absolute Gasteiger partial charge is 0.489 e. The molecule has 0 spiro atoms. The molecule has 2 N–H and O–H groups in total. The molecule has 3 aromatic rings. The third-order valence-corrected chi connectivity index (χ3v) is 3.96. The van der Waals surface area contributed by atoms with Crippen LogP contribution in [0.4, 0.5) is 11.4 Å². The van der Waals surface area contributed by atoms with E-state index in [1.54, 1.807) is 24.3 Å². The Morgan fingerprint density at radius 2 is 2.00 bits per heavy atom. The quantitative estimate of drug-likeness (QED) is 0.724. The van der Waals surface area contributed by atoms with Gasteiger partial charge in [-0.25, -0.2) is 0 Å². The number of furan rings is 1. The second kappa shape index (κ2) is 7.25. The van der Waals surface area contributed by atoms with Crippen molar-refractivity contribution in [3.05, 3.63) is 72.2 Å². The first kappa shape index (κ1) is 16.7. The van der Waals surface area contributed by atoms with Crippen LogP contribution in [-0.4, -0.2) is 18.4 Å². The third-order valence-electron chi connectivity index (χ3n) is 3.96. The number of hydrogen-bond acceptors (Lipinski definition) is 5. The summed E-state index contributed by atoms with van der Waals surface area (Å²) in [5.41, 5.74) is 1.65. The highest BCUT2D eigenvalue weighted by Crippen LogP contribution is 2.30. The van der Waals surface area contributed by atoms with E-state index in [0.717, 1.165) is 0 Å². The van der Waals surface area contributed by atoms with Gasteiger partial charge in [0.1, 0.15) is 18.1 Å². The highest BCUT2D eigenvalue weighted by Gasteiger charge is 2.19. The van der Waals surface area contributed by atoms with Crippen LogP contribution < -0.4 is 20.1 Å². The zero-order valence-corrected chi connectivity index (χ0v) is 14.2. The van der Waals surface area contributed by atoms with Gasteiger partial charge in [-0.15, -0.1) is 0 Å². The number of para-hydroxylation sites is 1. The summed E-state index contributed by atoms with van der Waals surface area (Å²) in [6, 6.07) is 16.0. The summed E-state index contributed by atoms with van der Waals surface area (Å²) >= 11 is 0. The van der Waals surface area contributed by atoms with Crippen LogP contribution >= 0.6 is 0 Å². The third kappa shape index (κ3) is 3.77. The highest BCUT2D eigenvalue weighted by atomic mass is 16.5. The zero-order chi connectivity index (χ0) is 18.6. The number of fused-ring (bicyclic) bond motifs is 1. The van der Waals surface area contributed by atoms with E-state index in [-0.39, 0.29) is 24.9 Å². The van der Waals surface area contributed by atoms with Crippen molar-refractivity contribution < 1.29 is 23.5 Å². The van der Waals surface area contributed by atoms with Gasteiger partial charge in [0.25, 0.3) is 11.8 Å². The Hall–Kier alpha value is -3.74. The van der Waals surface area contributed by atoms with Gasteiger partial charge in [0, 0.05) is 11.3 Å². The molecule has 1 aliphatic rings. The Bertz CT molecular complexity index is 981. The van der Waals surface area contributed by atoms with Crippen LogP contribution in [-0.2, 0) is 11.4 Å². The van der Waals surface area contributed by atoms with Crippen molar-refractivity contribution in [2.45, 2.75) is 6.61 Å². The first-order valence-electron chi connectivity index (χ1n) is 8.31. The first-order valence-corrected chi connectivity index (χ1v) is 8.31. The molecule has 2 heterocycles. The molecule has 1 aliphatic heterocycles. The van der Waals surface area contributed by atoms with E-state index in [1.165, 1.54) is 6.26 Å². The maximum atomic E-state index is 12.6. The van der Waals surface area contributed by atoms with Crippen molar-refractivity contribution in [3.63, 3.8) is 0 Å². The van der Waals surface area contributed by atoms with E-state index in [1.807, 2.05) is 30.3 Å². The number of benzene rings is 2. The van der Waals surface area contributed by atoms with Crippen LogP contribution in [0.2, 0.25) is 0 Å². The van der Waals surface area contributed by atoms with Gasteiger partial charge >= 0.3 is 0 Å². The molecule has 2 amide bonds. The summed E-state index contributed by atoms with van der Waals surface area (Å²) in [7, 11) is 0. The van der Waals surface area contributed by atoms with Gasteiger partial charge < -0.3 is 24.5 Å². The summed E-state index contributed by atoms with van der Waals surface area (Å²) in [5, 5.41) is 5.45. The molecular weight excluding hydrogens is 348 g/mol. The molecule has 0 saturated carbocycles. The first-order chi connectivity index (χ1) is 13.2. The summed E-state index contributed by atoms with van der Waals surface area (Å²) in [5.74, 6) is 0.786. The number of ether oxygens (including phenoxy) is 2. The number of amides is 2. The minimum absolute atomic E-state index is 0.0180. The fourth-order valence-corrected chi connectivity index (χ4v) is 2.68. The van der Waals surface area contributed by atoms with Crippen molar-refractivity contribution in [2.24, 2.45) is 0 Å². The monoisotopic (exact) mass is 364 g/mol. The van der Waals surface area contributed by atoms with Crippen molar-refractivity contribution in [3.8, 4) is 11.5 Å². The van der Waals surface area contributed by atoms with E-state index in [0.29, 0.717) is 28.4 Å². The molecule has 136 valence electrons. The van der Waals surface area contributed by atoms with Crippen molar-refractivity contribution in [2.75, 3.05) is 17.2 Å². The summed E-state index contributed by atoms with van der Waals surface area (Å²) in [6.45, 7) is 0.188. The fourth-order valence-electron chi connectivity index (χ4n) is 2.68. The standard InChI is InChI=1S/C20H16N2O5/c23-18-12-27-17-7-6-14(10-16(17)22-18)21-20(24)19-13(8-9-25-19)11-26-15-4-2-1-3-5-15/h1-10H,11-12H2,(H,21,24)(H,22,23). The maximum absolute atomic E-state index is 12.6. The number of rotatable bonds is 5. The molecule has 0 saturated heterocycles. The van der Waals surface area contributed by atoms with Gasteiger partial charge in [-0.2, -0.15) is 0 Å². The minimum atomic E-state index is -0.408. The van der Waals surface area contributed by atoms with Crippen LogP contribution in [0.25, 0.3) is 0 Å². The predicted molar refractivity (Wildman–Crippen MR) is 98.0 cm³/mol. The van der Waals surface area contributed by atoms with Crippen LogP contribution in [0.15, 0.2) is 65.3 Å². The second-order valence-electron chi connectivity index (χ2n) is 5.88. The SMILES string of the molecule is O=C1COc2ccc(NC(=O)c3occc3COc3ccccc3)cc2N1. The average Bonchev–Trinajstić information content (AvgIpc) is 3.15. The molecule has 27 heavy (non-hydrogen) atoms. The number of hydrogen-bond donors (Lipinski definition) is 2. The smallest absolute Gasteiger partial charge is 0.291 e. The molecule has 0 fully saturated rings. The van der Waals surface area contributed by atoms with Crippen LogP contribution in [0.1, 0.15) is 16.1 Å². The Balaban J connectivity index is 1.45. The van der Waals surface area contributed by atoms with Crippen molar-refractivity contribution >= 4 is 23.2 Å². The Kier molecular flexibility index (Phi) is 4.49. The Morgan fingerprint density at radius 3 is 2.85 bits per heavy atom. The second-order valence-corrected chi connectivity index (χ2v) is 5.88. The van der Waals surface area contributed by atoms with E-state index in [4.69, 9.17) is 13.9 Å². The molecule has 0 unspecified atom stereocenters.